The third-order valence-electron chi connectivity index (χ3n) is 3.17. The molecule has 6 heteroatoms. The van der Waals surface area contributed by atoms with Crippen LogP contribution in [0.4, 0.5) is 0 Å². The molecular weight excluding hydrogens is 336 g/mol. The van der Waals surface area contributed by atoms with Crippen LogP contribution >= 0.6 is 15.9 Å². The number of aliphatic carboxylic acids is 1. The Morgan fingerprint density at radius 2 is 2.10 bits per heavy atom. The predicted octanol–water partition coefficient (Wildman–Crippen LogP) is 3.14. The van der Waals surface area contributed by atoms with Gasteiger partial charge in [0, 0.05) is 23.8 Å². The number of amides is 1. The number of hydrogen-bond donors (Lipinski definition) is 2. The second-order valence-electron chi connectivity index (χ2n) is 5.61. The summed E-state index contributed by atoms with van der Waals surface area (Å²) < 4.78 is 2.72. The van der Waals surface area contributed by atoms with E-state index in [1.165, 1.54) is 0 Å². The van der Waals surface area contributed by atoms with Crippen molar-refractivity contribution in [3.05, 3.63) is 22.4 Å². The third kappa shape index (κ3) is 5.53. The fourth-order valence-corrected chi connectivity index (χ4v) is 2.70. The Hall–Kier alpha value is -1.30. The number of nitrogens with one attached hydrogen (secondary N) is 1. The van der Waals surface area contributed by atoms with E-state index in [9.17, 15) is 14.7 Å². The molecule has 0 aliphatic carbocycles. The van der Waals surface area contributed by atoms with Gasteiger partial charge in [0.2, 0.25) is 0 Å². The molecule has 1 aromatic rings. The molecule has 1 unspecified atom stereocenters. The Morgan fingerprint density at radius 1 is 1.43 bits per heavy atom. The summed E-state index contributed by atoms with van der Waals surface area (Å²) in [5.41, 5.74) is 0.553. The highest BCUT2D eigenvalue weighted by molar-refractivity contribution is 9.10. The summed E-state index contributed by atoms with van der Waals surface area (Å²) in [5, 5.41) is 11.9. The van der Waals surface area contributed by atoms with E-state index in [2.05, 4.69) is 21.2 Å². The number of carboxylic acids is 1. The van der Waals surface area contributed by atoms with Gasteiger partial charge in [0.25, 0.3) is 5.91 Å². The van der Waals surface area contributed by atoms with E-state index in [1.54, 1.807) is 6.07 Å². The normalized spacial score (nSPS) is 12.4. The monoisotopic (exact) mass is 358 g/mol. The van der Waals surface area contributed by atoms with Gasteiger partial charge in [-0.3, -0.25) is 9.59 Å². The number of rotatable bonds is 8. The predicted molar refractivity (Wildman–Crippen MR) is 85.3 cm³/mol. The molecule has 0 radical (unpaired) electrons. The molecule has 0 fully saturated rings. The molecule has 1 atom stereocenters. The first-order valence-corrected chi connectivity index (χ1v) is 8.01. The highest BCUT2D eigenvalue weighted by atomic mass is 79.9. The highest BCUT2D eigenvalue weighted by Crippen LogP contribution is 2.16. The molecule has 0 saturated carbocycles. The van der Waals surface area contributed by atoms with Crippen LogP contribution in [0.15, 0.2) is 16.7 Å². The van der Waals surface area contributed by atoms with Crippen LogP contribution in [0.5, 0.6) is 0 Å². The maximum atomic E-state index is 12.2. The Kier molecular flexibility index (Phi) is 6.95. The van der Waals surface area contributed by atoms with Gasteiger partial charge in [0.15, 0.2) is 0 Å². The minimum absolute atomic E-state index is 0.154. The van der Waals surface area contributed by atoms with E-state index in [-0.39, 0.29) is 18.4 Å². The number of carbonyl (C=O) groups is 2. The van der Waals surface area contributed by atoms with Crippen molar-refractivity contribution in [3.63, 3.8) is 0 Å². The van der Waals surface area contributed by atoms with E-state index in [0.717, 1.165) is 17.4 Å². The van der Waals surface area contributed by atoms with Crippen molar-refractivity contribution in [1.29, 1.82) is 0 Å². The van der Waals surface area contributed by atoms with Gasteiger partial charge in [-0.15, -0.1) is 0 Å². The standard InChI is InChI=1S/C15H23BrN2O3/c1-4-5-18-9-12(16)7-13(18)14(19)17-8-11(15(20)21)6-10(2)3/h7,9-11H,4-6,8H2,1-3H3,(H,17,19)(H,20,21). The Bertz CT molecular complexity index is 497. The summed E-state index contributed by atoms with van der Waals surface area (Å²) in [7, 11) is 0. The number of carbonyl (C=O) groups excluding carboxylic acids is 1. The zero-order valence-corrected chi connectivity index (χ0v) is 14.3. The molecule has 0 aliphatic rings. The lowest BCUT2D eigenvalue weighted by atomic mass is 9.97. The first-order valence-electron chi connectivity index (χ1n) is 7.21. The second-order valence-corrected chi connectivity index (χ2v) is 6.53. The van der Waals surface area contributed by atoms with Crippen LogP contribution in [0.2, 0.25) is 0 Å². The fourth-order valence-electron chi connectivity index (χ4n) is 2.24. The van der Waals surface area contributed by atoms with E-state index in [0.29, 0.717) is 12.1 Å². The molecule has 1 aromatic heterocycles. The summed E-state index contributed by atoms with van der Waals surface area (Å²) in [6.07, 6.45) is 3.34. The maximum Gasteiger partial charge on any atom is 0.308 e. The zero-order chi connectivity index (χ0) is 16.0. The number of hydrogen-bond acceptors (Lipinski definition) is 2. The molecule has 1 heterocycles. The van der Waals surface area contributed by atoms with E-state index < -0.39 is 11.9 Å². The summed E-state index contributed by atoms with van der Waals surface area (Å²) in [6, 6.07) is 1.75. The van der Waals surface area contributed by atoms with Gasteiger partial charge in [0.1, 0.15) is 5.69 Å². The van der Waals surface area contributed by atoms with E-state index in [1.807, 2.05) is 31.5 Å². The molecule has 0 spiro atoms. The molecule has 21 heavy (non-hydrogen) atoms. The molecule has 2 N–H and O–H groups in total. The van der Waals surface area contributed by atoms with Crippen LogP contribution in [-0.2, 0) is 11.3 Å². The average molecular weight is 359 g/mol. The Labute approximate surface area is 133 Å². The Balaban J connectivity index is 2.70. The number of nitrogens with zero attached hydrogens (tertiary/aromatic N) is 1. The maximum absolute atomic E-state index is 12.2. The first kappa shape index (κ1) is 17.8. The quantitative estimate of drug-likeness (QED) is 0.749. The first-order chi connectivity index (χ1) is 9.85. The molecule has 0 saturated heterocycles. The SMILES string of the molecule is CCCn1cc(Br)cc1C(=O)NCC(CC(C)C)C(=O)O. The van der Waals surface area contributed by atoms with Crippen molar-refractivity contribution in [1.82, 2.24) is 9.88 Å². The molecule has 1 rings (SSSR count). The summed E-state index contributed by atoms with van der Waals surface area (Å²) in [6.45, 7) is 6.89. The number of carboxylic acid groups (broad SMARTS) is 1. The van der Waals surface area contributed by atoms with Gasteiger partial charge >= 0.3 is 5.97 Å². The summed E-state index contributed by atoms with van der Waals surface area (Å²) in [4.78, 5) is 23.4. The molecule has 5 nitrogen and oxygen atoms in total. The van der Waals surface area contributed by atoms with E-state index in [4.69, 9.17) is 0 Å². The van der Waals surface area contributed by atoms with Crippen molar-refractivity contribution in [2.75, 3.05) is 6.54 Å². The van der Waals surface area contributed by atoms with Crippen LogP contribution in [0.1, 0.15) is 44.1 Å². The number of halogens is 1. The molecule has 1 amide bonds. The molecule has 0 aromatic carbocycles. The molecular formula is C15H23BrN2O3. The minimum atomic E-state index is -0.867. The van der Waals surface area contributed by atoms with Crippen LogP contribution in [-0.4, -0.2) is 28.1 Å². The molecule has 0 bridgehead atoms. The lowest BCUT2D eigenvalue weighted by Gasteiger charge is -2.16. The van der Waals surface area contributed by atoms with Crippen LogP contribution < -0.4 is 5.32 Å². The molecule has 118 valence electrons. The van der Waals surface area contributed by atoms with Gasteiger partial charge in [0.05, 0.1) is 5.92 Å². The van der Waals surface area contributed by atoms with E-state index >= 15 is 0 Å². The summed E-state index contributed by atoms with van der Waals surface area (Å²) >= 11 is 3.36. The van der Waals surface area contributed by atoms with Crippen molar-refractivity contribution in [2.24, 2.45) is 11.8 Å². The largest absolute Gasteiger partial charge is 0.481 e. The highest BCUT2D eigenvalue weighted by Gasteiger charge is 2.21. The fraction of sp³-hybridized carbons (Fsp3) is 0.600. The smallest absolute Gasteiger partial charge is 0.308 e. The Morgan fingerprint density at radius 3 is 2.62 bits per heavy atom. The van der Waals surface area contributed by atoms with Crippen LogP contribution in [0, 0.1) is 11.8 Å². The van der Waals surface area contributed by atoms with Crippen LogP contribution in [0.25, 0.3) is 0 Å². The van der Waals surface area contributed by atoms with Gasteiger partial charge in [-0.1, -0.05) is 20.8 Å². The van der Waals surface area contributed by atoms with Gasteiger partial charge in [-0.05, 0) is 40.8 Å². The third-order valence-corrected chi connectivity index (χ3v) is 3.61. The zero-order valence-electron chi connectivity index (χ0n) is 12.7. The lowest BCUT2D eigenvalue weighted by Crippen LogP contribution is -2.34. The number of aromatic nitrogens is 1. The van der Waals surface area contributed by atoms with Crippen molar-refractivity contribution < 1.29 is 14.7 Å². The summed E-state index contributed by atoms with van der Waals surface area (Å²) in [5.74, 6) is -1.37. The van der Waals surface area contributed by atoms with Gasteiger partial charge < -0.3 is 15.0 Å². The number of aryl methyl sites for hydroxylation is 1. The van der Waals surface area contributed by atoms with Gasteiger partial charge in [-0.2, -0.15) is 0 Å². The average Bonchev–Trinajstić information content (AvgIpc) is 2.75. The minimum Gasteiger partial charge on any atom is -0.481 e. The van der Waals surface area contributed by atoms with Crippen molar-refractivity contribution in [3.8, 4) is 0 Å². The lowest BCUT2D eigenvalue weighted by molar-refractivity contribution is -0.142. The van der Waals surface area contributed by atoms with Crippen molar-refractivity contribution in [2.45, 2.75) is 40.2 Å². The van der Waals surface area contributed by atoms with Crippen LogP contribution in [0.3, 0.4) is 0 Å². The molecule has 0 aliphatic heterocycles. The topological polar surface area (TPSA) is 71.3 Å². The van der Waals surface area contributed by atoms with Crippen molar-refractivity contribution >= 4 is 27.8 Å². The second kappa shape index (κ2) is 8.22. The van der Waals surface area contributed by atoms with Gasteiger partial charge in [-0.25, -0.2) is 0 Å².